The number of nitrogens with two attached hydrogens (primary N) is 2. The second-order valence-corrected chi connectivity index (χ2v) is 5.16. The van der Waals surface area contributed by atoms with Crippen LogP contribution in [0.5, 0.6) is 0 Å². The summed E-state index contributed by atoms with van der Waals surface area (Å²) in [7, 11) is 0. The Bertz CT molecular complexity index is 678. The van der Waals surface area contributed by atoms with Crippen molar-refractivity contribution in [1.29, 1.82) is 0 Å². The molecular formula is C14H18N4O3. The first-order valence-electron chi connectivity index (χ1n) is 6.62. The number of benzene rings is 1. The number of amides is 2. The number of carbonyl (C=O) groups is 2. The van der Waals surface area contributed by atoms with Crippen molar-refractivity contribution in [1.82, 2.24) is 4.98 Å². The van der Waals surface area contributed by atoms with Gasteiger partial charge in [0.25, 0.3) is 0 Å². The Kier molecular flexibility index (Phi) is 4.23. The SMILES string of the molecule is CC(C)c1nc2cc(NC(=O)C(N)CC(N)=O)ccc2o1. The van der Waals surface area contributed by atoms with E-state index in [0.717, 1.165) is 0 Å². The maximum atomic E-state index is 11.8. The molecule has 2 amide bonds. The zero-order valence-electron chi connectivity index (χ0n) is 11.9. The van der Waals surface area contributed by atoms with Crippen LogP contribution in [-0.4, -0.2) is 22.8 Å². The van der Waals surface area contributed by atoms with Crippen molar-refractivity contribution in [3.8, 4) is 0 Å². The van der Waals surface area contributed by atoms with E-state index in [2.05, 4.69) is 10.3 Å². The summed E-state index contributed by atoms with van der Waals surface area (Å²) in [5.74, 6) is -0.273. The van der Waals surface area contributed by atoms with Gasteiger partial charge in [-0.1, -0.05) is 13.8 Å². The Morgan fingerprint density at radius 2 is 2.10 bits per heavy atom. The van der Waals surface area contributed by atoms with Crippen molar-refractivity contribution in [3.63, 3.8) is 0 Å². The standard InChI is InChI=1S/C14H18N4O3/c1-7(2)14-18-10-5-8(3-4-11(10)21-14)17-13(20)9(15)6-12(16)19/h3-5,7,9H,6,15H2,1-2H3,(H2,16,19)(H,17,20). The fourth-order valence-corrected chi connectivity index (χ4v) is 1.81. The van der Waals surface area contributed by atoms with E-state index in [4.69, 9.17) is 15.9 Å². The normalized spacial score (nSPS) is 12.6. The van der Waals surface area contributed by atoms with Crippen LogP contribution in [0.1, 0.15) is 32.1 Å². The molecule has 0 aliphatic carbocycles. The van der Waals surface area contributed by atoms with Crippen LogP contribution in [0, 0.1) is 0 Å². The third-order valence-electron chi connectivity index (χ3n) is 2.92. The minimum atomic E-state index is -0.971. The quantitative estimate of drug-likeness (QED) is 0.760. The number of aromatic nitrogens is 1. The van der Waals surface area contributed by atoms with Crippen LogP contribution in [0.3, 0.4) is 0 Å². The number of oxazole rings is 1. The number of anilines is 1. The van der Waals surface area contributed by atoms with Gasteiger partial charge < -0.3 is 21.2 Å². The molecule has 0 saturated heterocycles. The lowest BCUT2D eigenvalue weighted by Crippen LogP contribution is -2.38. The lowest BCUT2D eigenvalue weighted by atomic mass is 10.2. The molecule has 0 aliphatic rings. The van der Waals surface area contributed by atoms with Crippen LogP contribution in [0.25, 0.3) is 11.1 Å². The highest BCUT2D eigenvalue weighted by Gasteiger charge is 2.17. The molecule has 0 radical (unpaired) electrons. The van der Waals surface area contributed by atoms with Gasteiger partial charge in [0.2, 0.25) is 11.8 Å². The zero-order valence-corrected chi connectivity index (χ0v) is 11.9. The van der Waals surface area contributed by atoms with E-state index in [1.54, 1.807) is 18.2 Å². The minimum absolute atomic E-state index is 0.180. The summed E-state index contributed by atoms with van der Waals surface area (Å²) in [6, 6.07) is 4.14. The van der Waals surface area contributed by atoms with Crippen LogP contribution in [-0.2, 0) is 9.59 Å². The van der Waals surface area contributed by atoms with Gasteiger partial charge in [-0.15, -0.1) is 0 Å². The van der Waals surface area contributed by atoms with Crippen molar-refractivity contribution < 1.29 is 14.0 Å². The molecule has 0 fully saturated rings. The van der Waals surface area contributed by atoms with Gasteiger partial charge in [-0.3, -0.25) is 9.59 Å². The second kappa shape index (κ2) is 5.92. The summed E-state index contributed by atoms with van der Waals surface area (Å²) in [5, 5.41) is 2.62. The van der Waals surface area contributed by atoms with Gasteiger partial charge in [-0.05, 0) is 18.2 Å². The van der Waals surface area contributed by atoms with Gasteiger partial charge in [0, 0.05) is 11.6 Å². The molecule has 2 rings (SSSR count). The minimum Gasteiger partial charge on any atom is -0.440 e. The maximum Gasteiger partial charge on any atom is 0.241 e. The largest absolute Gasteiger partial charge is 0.440 e. The van der Waals surface area contributed by atoms with E-state index in [0.29, 0.717) is 22.7 Å². The van der Waals surface area contributed by atoms with Gasteiger partial charge in [0.1, 0.15) is 5.52 Å². The number of fused-ring (bicyclic) bond motifs is 1. The van der Waals surface area contributed by atoms with E-state index in [-0.39, 0.29) is 12.3 Å². The first-order chi connectivity index (χ1) is 9.86. The molecule has 7 heteroatoms. The number of hydrogen-bond acceptors (Lipinski definition) is 5. The molecule has 0 saturated carbocycles. The monoisotopic (exact) mass is 290 g/mol. The molecule has 1 aromatic carbocycles. The van der Waals surface area contributed by atoms with E-state index in [1.807, 2.05) is 13.8 Å². The topological polar surface area (TPSA) is 124 Å². The lowest BCUT2D eigenvalue weighted by Gasteiger charge is -2.10. The number of nitrogens with one attached hydrogen (secondary N) is 1. The molecule has 1 aromatic heterocycles. The Labute approximate surface area is 121 Å². The molecule has 2 aromatic rings. The van der Waals surface area contributed by atoms with Crippen LogP contribution in [0.4, 0.5) is 5.69 Å². The van der Waals surface area contributed by atoms with Gasteiger partial charge in [0.15, 0.2) is 11.5 Å². The van der Waals surface area contributed by atoms with Gasteiger partial charge in [-0.2, -0.15) is 0 Å². The lowest BCUT2D eigenvalue weighted by molar-refractivity contribution is -0.123. The summed E-state index contributed by atoms with van der Waals surface area (Å²) in [6.07, 6.45) is -0.199. The van der Waals surface area contributed by atoms with Crippen LogP contribution < -0.4 is 16.8 Å². The highest BCUT2D eigenvalue weighted by atomic mass is 16.3. The molecule has 0 bridgehead atoms. The highest BCUT2D eigenvalue weighted by Crippen LogP contribution is 2.23. The fraction of sp³-hybridized carbons (Fsp3) is 0.357. The van der Waals surface area contributed by atoms with Crippen molar-refractivity contribution in [2.24, 2.45) is 11.5 Å². The van der Waals surface area contributed by atoms with Crippen molar-refractivity contribution in [3.05, 3.63) is 24.1 Å². The predicted octanol–water partition coefficient (Wildman–Crippen LogP) is 1.09. The molecule has 5 N–H and O–H groups in total. The maximum absolute atomic E-state index is 11.8. The summed E-state index contributed by atoms with van der Waals surface area (Å²) in [5.41, 5.74) is 12.4. The molecule has 0 aliphatic heterocycles. The molecule has 21 heavy (non-hydrogen) atoms. The predicted molar refractivity (Wildman–Crippen MR) is 78.5 cm³/mol. The molecule has 112 valence electrons. The highest BCUT2D eigenvalue weighted by molar-refractivity contribution is 5.98. The summed E-state index contributed by atoms with van der Waals surface area (Å²) < 4.78 is 5.58. The van der Waals surface area contributed by atoms with Crippen LogP contribution in [0.15, 0.2) is 22.6 Å². The first kappa shape index (κ1) is 15.0. The summed E-state index contributed by atoms with van der Waals surface area (Å²) in [6.45, 7) is 3.96. The molecular weight excluding hydrogens is 272 g/mol. The van der Waals surface area contributed by atoms with Crippen molar-refractivity contribution >= 4 is 28.6 Å². The van der Waals surface area contributed by atoms with Gasteiger partial charge in [0.05, 0.1) is 12.5 Å². The fourth-order valence-electron chi connectivity index (χ4n) is 1.81. The Morgan fingerprint density at radius 1 is 1.38 bits per heavy atom. The third kappa shape index (κ3) is 3.57. The average Bonchev–Trinajstić information content (AvgIpc) is 2.81. The van der Waals surface area contributed by atoms with Gasteiger partial charge in [-0.25, -0.2) is 4.98 Å². The molecule has 1 heterocycles. The molecule has 1 atom stereocenters. The Balaban J connectivity index is 2.15. The van der Waals surface area contributed by atoms with E-state index >= 15 is 0 Å². The molecule has 1 unspecified atom stereocenters. The van der Waals surface area contributed by atoms with Crippen molar-refractivity contribution in [2.75, 3.05) is 5.32 Å². The number of carbonyl (C=O) groups excluding carboxylic acids is 2. The van der Waals surface area contributed by atoms with Crippen LogP contribution in [0.2, 0.25) is 0 Å². The number of hydrogen-bond donors (Lipinski definition) is 3. The number of nitrogens with zero attached hydrogens (tertiary/aromatic N) is 1. The average molecular weight is 290 g/mol. The first-order valence-corrected chi connectivity index (χ1v) is 6.62. The smallest absolute Gasteiger partial charge is 0.241 e. The summed E-state index contributed by atoms with van der Waals surface area (Å²) >= 11 is 0. The number of primary amides is 1. The van der Waals surface area contributed by atoms with E-state index in [9.17, 15) is 9.59 Å². The Morgan fingerprint density at radius 3 is 2.71 bits per heavy atom. The van der Waals surface area contributed by atoms with E-state index < -0.39 is 17.9 Å². The third-order valence-corrected chi connectivity index (χ3v) is 2.92. The number of rotatable bonds is 5. The van der Waals surface area contributed by atoms with Gasteiger partial charge >= 0.3 is 0 Å². The summed E-state index contributed by atoms with van der Waals surface area (Å²) in [4.78, 5) is 26.9. The Hall–Kier alpha value is -2.41. The van der Waals surface area contributed by atoms with E-state index in [1.165, 1.54) is 0 Å². The molecule has 0 spiro atoms. The zero-order chi connectivity index (χ0) is 15.6. The second-order valence-electron chi connectivity index (χ2n) is 5.16. The molecule has 7 nitrogen and oxygen atoms in total. The van der Waals surface area contributed by atoms with Crippen LogP contribution >= 0.6 is 0 Å². The van der Waals surface area contributed by atoms with Crippen molar-refractivity contribution in [2.45, 2.75) is 32.2 Å².